The molecule has 102 valence electrons. The van der Waals surface area contributed by atoms with E-state index in [2.05, 4.69) is 49.3 Å². The van der Waals surface area contributed by atoms with Crippen LogP contribution in [0.5, 0.6) is 0 Å². The van der Waals surface area contributed by atoms with Gasteiger partial charge in [0.2, 0.25) is 0 Å². The fraction of sp³-hybridized carbons (Fsp3) is 0.400. The van der Waals surface area contributed by atoms with Gasteiger partial charge in [-0.3, -0.25) is 0 Å². The quantitative estimate of drug-likeness (QED) is 0.769. The number of anilines is 1. The van der Waals surface area contributed by atoms with Crippen LogP contribution in [0.25, 0.3) is 0 Å². The Balaban J connectivity index is 1.94. The SMILES string of the molecule is CCCNc1ncc(CSc2cc(C)ccc2C)s1. The largest absolute Gasteiger partial charge is 0.362 e. The van der Waals surface area contributed by atoms with Gasteiger partial charge in [0.1, 0.15) is 0 Å². The summed E-state index contributed by atoms with van der Waals surface area (Å²) in [5, 5.41) is 4.37. The first-order valence-electron chi connectivity index (χ1n) is 6.57. The van der Waals surface area contributed by atoms with E-state index in [1.807, 2.05) is 18.0 Å². The lowest BCUT2D eigenvalue weighted by Gasteiger charge is -2.05. The molecule has 2 rings (SSSR count). The molecule has 0 fully saturated rings. The molecule has 0 atom stereocenters. The van der Waals surface area contributed by atoms with Gasteiger partial charge in [-0.2, -0.15) is 0 Å². The van der Waals surface area contributed by atoms with Gasteiger partial charge in [-0.25, -0.2) is 4.98 Å². The van der Waals surface area contributed by atoms with Crippen molar-refractivity contribution in [1.29, 1.82) is 0 Å². The van der Waals surface area contributed by atoms with Crippen molar-refractivity contribution in [2.45, 2.75) is 37.8 Å². The summed E-state index contributed by atoms with van der Waals surface area (Å²) in [5.74, 6) is 0.996. The predicted octanol–water partition coefficient (Wildman–Crippen LogP) is 4.87. The van der Waals surface area contributed by atoms with Gasteiger partial charge in [0.05, 0.1) is 0 Å². The predicted molar refractivity (Wildman–Crippen MR) is 86.4 cm³/mol. The molecule has 0 spiro atoms. The highest BCUT2D eigenvalue weighted by Crippen LogP contribution is 2.30. The van der Waals surface area contributed by atoms with Crippen molar-refractivity contribution in [1.82, 2.24) is 4.98 Å². The summed E-state index contributed by atoms with van der Waals surface area (Å²) >= 11 is 3.65. The van der Waals surface area contributed by atoms with Crippen molar-refractivity contribution < 1.29 is 0 Å². The summed E-state index contributed by atoms with van der Waals surface area (Å²) in [4.78, 5) is 7.10. The Kier molecular flexibility index (Phi) is 5.28. The molecule has 0 aliphatic carbocycles. The summed E-state index contributed by atoms with van der Waals surface area (Å²) in [6.07, 6.45) is 3.12. The van der Waals surface area contributed by atoms with E-state index in [9.17, 15) is 0 Å². The van der Waals surface area contributed by atoms with Crippen LogP contribution in [0.2, 0.25) is 0 Å². The maximum Gasteiger partial charge on any atom is 0.182 e. The number of thiazole rings is 1. The molecule has 0 radical (unpaired) electrons. The Labute approximate surface area is 123 Å². The molecule has 0 amide bonds. The fourth-order valence-corrected chi connectivity index (χ4v) is 3.68. The minimum absolute atomic E-state index is 0.996. The van der Waals surface area contributed by atoms with Crippen molar-refractivity contribution in [3.8, 4) is 0 Å². The van der Waals surface area contributed by atoms with Crippen LogP contribution in [0.4, 0.5) is 5.13 Å². The summed E-state index contributed by atoms with van der Waals surface area (Å²) in [5.41, 5.74) is 2.67. The van der Waals surface area contributed by atoms with Crippen molar-refractivity contribution in [3.05, 3.63) is 40.4 Å². The Morgan fingerprint density at radius 2 is 2.16 bits per heavy atom. The lowest BCUT2D eigenvalue weighted by atomic mass is 10.2. The summed E-state index contributed by atoms with van der Waals surface area (Å²) in [6.45, 7) is 7.47. The molecule has 4 heteroatoms. The highest BCUT2D eigenvalue weighted by molar-refractivity contribution is 7.98. The third-order valence-electron chi connectivity index (χ3n) is 2.79. The molecule has 0 saturated carbocycles. The molecule has 0 aliphatic rings. The number of nitrogens with zero attached hydrogens (tertiary/aromatic N) is 1. The van der Waals surface area contributed by atoms with E-state index in [1.165, 1.54) is 20.9 Å². The molecule has 1 N–H and O–H groups in total. The summed E-state index contributed by atoms with van der Waals surface area (Å²) < 4.78 is 0. The Bertz CT molecular complexity index is 535. The van der Waals surface area contributed by atoms with Gasteiger partial charge in [0.15, 0.2) is 5.13 Å². The van der Waals surface area contributed by atoms with Gasteiger partial charge in [0, 0.05) is 28.3 Å². The maximum atomic E-state index is 4.40. The number of rotatable bonds is 6. The first-order valence-corrected chi connectivity index (χ1v) is 8.38. The van der Waals surface area contributed by atoms with Crippen LogP contribution in [0, 0.1) is 13.8 Å². The molecule has 0 saturated heterocycles. The molecule has 2 nitrogen and oxygen atoms in total. The van der Waals surface area contributed by atoms with Crippen LogP contribution >= 0.6 is 23.1 Å². The Morgan fingerprint density at radius 1 is 1.32 bits per heavy atom. The molecule has 0 unspecified atom stereocenters. The first kappa shape index (κ1) is 14.4. The van der Waals surface area contributed by atoms with Crippen LogP contribution in [0.3, 0.4) is 0 Å². The zero-order valence-electron chi connectivity index (χ0n) is 11.7. The number of benzene rings is 1. The highest BCUT2D eigenvalue weighted by Gasteiger charge is 2.04. The second kappa shape index (κ2) is 6.96. The molecular weight excluding hydrogens is 272 g/mol. The molecule has 1 aromatic heterocycles. The van der Waals surface area contributed by atoms with E-state index in [0.29, 0.717) is 0 Å². The average molecular weight is 292 g/mol. The number of aryl methyl sites for hydroxylation is 2. The van der Waals surface area contributed by atoms with Crippen molar-refractivity contribution in [3.63, 3.8) is 0 Å². The van der Waals surface area contributed by atoms with E-state index < -0.39 is 0 Å². The van der Waals surface area contributed by atoms with Crippen LogP contribution < -0.4 is 5.32 Å². The molecule has 0 bridgehead atoms. The maximum absolute atomic E-state index is 4.40. The van der Waals surface area contributed by atoms with Crippen molar-refractivity contribution in [2.24, 2.45) is 0 Å². The van der Waals surface area contributed by atoms with Crippen LogP contribution in [0.1, 0.15) is 29.3 Å². The monoisotopic (exact) mass is 292 g/mol. The molecule has 1 aromatic carbocycles. The number of nitrogens with one attached hydrogen (secondary N) is 1. The minimum Gasteiger partial charge on any atom is -0.362 e. The lowest BCUT2D eigenvalue weighted by Crippen LogP contribution is -1.97. The van der Waals surface area contributed by atoms with E-state index in [-0.39, 0.29) is 0 Å². The molecule has 0 aliphatic heterocycles. The number of hydrogen-bond donors (Lipinski definition) is 1. The normalized spacial score (nSPS) is 10.7. The average Bonchev–Trinajstić information content (AvgIpc) is 2.85. The van der Waals surface area contributed by atoms with Gasteiger partial charge >= 0.3 is 0 Å². The zero-order valence-corrected chi connectivity index (χ0v) is 13.3. The molecule has 1 heterocycles. The number of hydrogen-bond acceptors (Lipinski definition) is 4. The minimum atomic E-state index is 0.996. The van der Waals surface area contributed by atoms with Gasteiger partial charge in [0.25, 0.3) is 0 Å². The molecule has 2 aromatic rings. The smallest absolute Gasteiger partial charge is 0.182 e. The second-order valence-corrected chi connectivity index (χ2v) is 6.75. The Hall–Kier alpha value is -1.00. The number of thioether (sulfide) groups is 1. The van der Waals surface area contributed by atoms with Crippen LogP contribution in [-0.2, 0) is 5.75 Å². The second-order valence-electron chi connectivity index (χ2n) is 4.62. The van der Waals surface area contributed by atoms with Gasteiger partial charge in [-0.15, -0.1) is 23.1 Å². The molecule has 19 heavy (non-hydrogen) atoms. The van der Waals surface area contributed by atoms with E-state index >= 15 is 0 Å². The fourth-order valence-electron chi connectivity index (χ4n) is 1.70. The van der Waals surface area contributed by atoms with Gasteiger partial charge < -0.3 is 5.32 Å². The van der Waals surface area contributed by atoms with E-state index in [0.717, 1.165) is 23.8 Å². The third-order valence-corrected chi connectivity index (χ3v) is 5.14. The topological polar surface area (TPSA) is 24.9 Å². The van der Waals surface area contributed by atoms with Crippen molar-refractivity contribution in [2.75, 3.05) is 11.9 Å². The summed E-state index contributed by atoms with van der Waals surface area (Å²) in [6, 6.07) is 6.62. The molecular formula is C15H20N2S2. The van der Waals surface area contributed by atoms with Crippen LogP contribution in [-0.4, -0.2) is 11.5 Å². The van der Waals surface area contributed by atoms with E-state index in [1.54, 1.807) is 11.3 Å². The van der Waals surface area contributed by atoms with Gasteiger partial charge in [-0.1, -0.05) is 24.6 Å². The highest BCUT2D eigenvalue weighted by atomic mass is 32.2. The standard InChI is InChI=1S/C15H20N2S2/c1-4-7-16-15-17-9-13(19-15)10-18-14-8-11(2)5-6-12(14)3/h5-6,8-9H,4,7,10H2,1-3H3,(H,16,17). The first-order chi connectivity index (χ1) is 9.19. The van der Waals surface area contributed by atoms with Crippen molar-refractivity contribution >= 4 is 28.2 Å². The third kappa shape index (κ3) is 4.25. The summed E-state index contributed by atoms with van der Waals surface area (Å²) in [7, 11) is 0. The zero-order chi connectivity index (χ0) is 13.7. The van der Waals surface area contributed by atoms with Crippen LogP contribution in [0.15, 0.2) is 29.3 Å². The lowest BCUT2D eigenvalue weighted by molar-refractivity contribution is 0.976. The number of aromatic nitrogens is 1. The Morgan fingerprint density at radius 3 is 2.95 bits per heavy atom. The van der Waals surface area contributed by atoms with E-state index in [4.69, 9.17) is 0 Å². The van der Waals surface area contributed by atoms with Gasteiger partial charge in [-0.05, 0) is 31.9 Å².